The first-order valence-electron chi connectivity index (χ1n) is 9.18. The third-order valence-corrected chi connectivity index (χ3v) is 6.55. The van der Waals surface area contributed by atoms with Gasteiger partial charge in [0, 0.05) is 23.2 Å². The van der Waals surface area contributed by atoms with Gasteiger partial charge in [0.2, 0.25) is 0 Å². The van der Waals surface area contributed by atoms with Gasteiger partial charge in [-0.25, -0.2) is 8.93 Å². The molecule has 7 nitrogen and oxygen atoms in total. The topological polar surface area (TPSA) is 105 Å². The number of aromatic nitrogens is 2. The van der Waals surface area contributed by atoms with Crippen molar-refractivity contribution in [2.45, 2.75) is 44.0 Å². The number of carbonyl (C=O) groups is 1. The van der Waals surface area contributed by atoms with E-state index in [-0.39, 0.29) is 6.04 Å². The van der Waals surface area contributed by atoms with E-state index in [9.17, 15) is 14.1 Å². The van der Waals surface area contributed by atoms with Crippen molar-refractivity contribution in [3.8, 4) is 11.1 Å². The molecule has 8 heteroatoms. The van der Waals surface area contributed by atoms with Gasteiger partial charge >= 0.3 is 5.97 Å². The summed E-state index contributed by atoms with van der Waals surface area (Å²) < 4.78 is 21.5. The zero-order valence-corrected chi connectivity index (χ0v) is 16.5. The van der Waals surface area contributed by atoms with Gasteiger partial charge in [0.1, 0.15) is 16.7 Å². The van der Waals surface area contributed by atoms with E-state index in [2.05, 4.69) is 14.9 Å². The summed E-state index contributed by atoms with van der Waals surface area (Å²) in [7, 11) is -1.57. The fraction of sp³-hybridized carbons (Fsp3) is 0.350. The first kappa shape index (κ1) is 18.8. The molecule has 0 amide bonds. The third kappa shape index (κ3) is 3.33. The molecular weight excluding hydrogens is 378 g/mol. The zero-order valence-electron chi connectivity index (χ0n) is 15.6. The van der Waals surface area contributed by atoms with Crippen molar-refractivity contribution >= 4 is 27.9 Å². The first-order chi connectivity index (χ1) is 13.5. The minimum atomic E-state index is -1.57. The quantitative estimate of drug-likeness (QED) is 0.681. The van der Waals surface area contributed by atoms with Crippen LogP contribution in [0.2, 0.25) is 0 Å². The molecule has 2 heterocycles. The van der Waals surface area contributed by atoms with Crippen molar-refractivity contribution in [1.29, 1.82) is 0 Å². The van der Waals surface area contributed by atoms with Crippen molar-refractivity contribution in [2.75, 3.05) is 0 Å². The average molecular weight is 399 g/mol. The third-order valence-electron chi connectivity index (χ3n) is 5.30. The molecule has 146 valence electrons. The fourth-order valence-corrected chi connectivity index (χ4v) is 5.23. The smallest absolute Gasteiger partial charge is 0.308 e. The molecule has 28 heavy (non-hydrogen) atoms. The van der Waals surface area contributed by atoms with E-state index >= 15 is 0 Å². The Kier molecular flexibility index (Phi) is 4.99. The van der Waals surface area contributed by atoms with Gasteiger partial charge in [0.15, 0.2) is 0 Å². The van der Waals surface area contributed by atoms with Gasteiger partial charge < -0.3 is 9.63 Å². The van der Waals surface area contributed by atoms with Crippen LogP contribution in [-0.2, 0) is 15.8 Å². The number of nitrogens with one attached hydrogen (secondary N) is 1. The summed E-state index contributed by atoms with van der Waals surface area (Å²) in [5, 5.41) is 14.2. The van der Waals surface area contributed by atoms with E-state index in [0.717, 1.165) is 28.6 Å². The highest BCUT2D eigenvalue weighted by Gasteiger charge is 2.34. The molecule has 1 fully saturated rings. The first-order valence-corrected chi connectivity index (χ1v) is 10.3. The SMILES string of the molecule is Cc1noc(C)c1-c1cc(S(=O)N[C@@H]2CCC[C@@H]2C(=O)O)c2cccnc2c1. The van der Waals surface area contributed by atoms with Crippen molar-refractivity contribution in [3.05, 3.63) is 41.9 Å². The van der Waals surface area contributed by atoms with E-state index in [1.165, 1.54) is 0 Å². The number of carboxylic acid groups (broad SMARTS) is 1. The van der Waals surface area contributed by atoms with Crippen LogP contribution in [0, 0.1) is 19.8 Å². The lowest BCUT2D eigenvalue weighted by atomic mass is 10.0. The minimum absolute atomic E-state index is 0.312. The van der Waals surface area contributed by atoms with Crippen LogP contribution in [0.3, 0.4) is 0 Å². The molecule has 1 saturated carbocycles. The molecule has 1 unspecified atom stereocenters. The fourth-order valence-electron chi connectivity index (χ4n) is 3.94. The number of nitrogens with zero attached hydrogens (tertiary/aromatic N) is 2. The van der Waals surface area contributed by atoms with Gasteiger partial charge in [0.05, 0.1) is 22.0 Å². The van der Waals surface area contributed by atoms with Crippen LogP contribution in [0.1, 0.15) is 30.7 Å². The Morgan fingerprint density at radius 3 is 2.86 bits per heavy atom. The molecule has 2 N–H and O–H groups in total. The number of pyridine rings is 1. The number of rotatable bonds is 5. The monoisotopic (exact) mass is 399 g/mol. The van der Waals surface area contributed by atoms with E-state index in [0.29, 0.717) is 29.0 Å². The Balaban J connectivity index is 1.77. The number of aryl methyl sites for hydroxylation is 2. The number of carboxylic acids is 1. The summed E-state index contributed by atoms with van der Waals surface area (Å²) in [5.41, 5.74) is 3.15. The average Bonchev–Trinajstić information content (AvgIpc) is 3.27. The summed E-state index contributed by atoms with van der Waals surface area (Å²) in [6.45, 7) is 3.70. The molecule has 0 aliphatic heterocycles. The van der Waals surface area contributed by atoms with Gasteiger partial charge in [0.25, 0.3) is 0 Å². The molecule has 3 aromatic rings. The Morgan fingerprint density at radius 1 is 1.32 bits per heavy atom. The maximum Gasteiger partial charge on any atom is 0.308 e. The predicted molar refractivity (Wildman–Crippen MR) is 105 cm³/mol. The summed E-state index contributed by atoms with van der Waals surface area (Å²) in [5.74, 6) is -0.679. The number of fused-ring (bicyclic) bond motifs is 1. The molecule has 1 aliphatic rings. The molecule has 1 aromatic carbocycles. The second-order valence-corrected chi connectivity index (χ2v) is 8.33. The lowest BCUT2D eigenvalue weighted by molar-refractivity contribution is -0.141. The normalized spacial score (nSPS) is 20.5. The molecule has 0 bridgehead atoms. The van der Waals surface area contributed by atoms with Crippen molar-refractivity contribution in [1.82, 2.24) is 14.9 Å². The molecule has 2 aromatic heterocycles. The zero-order chi connectivity index (χ0) is 19.8. The lowest BCUT2D eigenvalue weighted by Gasteiger charge is -2.18. The van der Waals surface area contributed by atoms with Gasteiger partial charge in [-0.15, -0.1) is 0 Å². The van der Waals surface area contributed by atoms with Crippen LogP contribution in [0.5, 0.6) is 0 Å². The van der Waals surface area contributed by atoms with Gasteiger partial charge in [-0.3, -0.25) is 9.78 Å². The lowest BCUT2D eigenvalue weighted by Crippen LogP contribution is -2.37. The van der Waals surface area contributed by atoms with Crippen LogP contribution in [0.4, 0.5) is 0 Å². The molecule has 0 saturated heterocycles. The second-order valence-electron chi connectivity index (χ2n) is 7.11. The minimum Gasteiger partial charge on any atom is -0.481 e. The van der Waals surface area contributed by atoms with Crippen LogP contribution in [0.25, 0.3) is 22.0 Å². The summed E-state index contributed by atoms with van der Waals surface area (Å²) in [6, 6.07) is 7.14. The Bertz CT molecular complexity index is 1060. The summed E-state index contributed by atoms with van der Waals surface area (Å²) in [6.07, 6.45) is 3.80. The standard InChI is InChI=1S/C20H21N3O4S/c1-11-19(12(2)27-22-11)13-9-17-14(6-4-8-21-17)18(10-13)28(26)23-16-7-3-5-15(16)20(24)25/h4,6,8-10,15-16,23H,3,5,7H2,1-2H3,(H,24,25)/t15-,16+,28?/m0/s1. The van der Waals surface area contributed by atoms with Crippen molar-refractivity contribution in [2.24, 2.45) is 5.92 Å². The Morgan fingerprint density at radius 2 is 2.14 bits per heavy atom. The molecular formula is C20H21N3O4S. The van der Waals surface area contributed by atoms with Crippen LogP contribution in [0.15, 0.2) is 39.9 Å². The van der Waals surface area contributed by atoms with E-state index in [4.69, 9.17) is 4.52 Å². The molecule has 0 radical (unpaired) electrons. The largest absolute Gasteiger partial charge is 0.481 e. The molecule has 4 rings (SSSR count). The van der Waals surface area contributed by atoms with Gasteiger partial charge in [-0.05, 0) is 50.5 Å². The number of hydrogen-bond acceptors (Lipinski definition) is 5. The van der Waals surface area contributed by atoms with Crippen molar-refractivity contribution in [3.63, 3.8) is 0 Å². The van der Waals surface area contributed by atoms with Crippen LogP contribution < -0.4 is 4.72 Å². The predicted octanol–water partition coefficient (Wildman–Crippen LogP) is 3.37. The highest BCUT2D eigenvalue weighted by atomic mass is 32.2. The van der Waals surface area contributed by atoms with E-state index < -0.39 is 22.9 Å². The Hall–Kier alpha value is -2.58. The highest BCUT2D eigenvalue weighted by Crippen LogP contribution is 2.33. The summed E-state index contributed by atoms with van der Waals surface area (Å²) in [4.78, 5) is 16.5. The highest BCUT2D eigenvalue weighted by molar-refractivity contribution is 7.83. The maximum atomic E-state index is 13.2. The number of benzene rings is 1. The molecule has 1 aliphatic carbocycles. The number of hydrogen-bond donors (Lipinski definition) is 2. The maximum absolute atomic E-state index is 13.2. The molecule has 3 atom stereocenters. The molecule has 0 spiro atoms. The second kappa shape index (κ2) is 7.44. The van der Waals surface area contributed by atoms with Crippen LogP contribution in [-0.4, -0.2) is 31.5 Å². The van der Waals surface area contributed by atoms with E-state index in [1.54, 1.807) is 12.3 Å². The van der Waals surface area contributed by atoms with Crippen molar-refractivity contribution < 1.29 is 18.6 Å². The van der Waals surface area contributed by atoms with Gasteiger partial charge in [-0.1, -0.05) is 17.6 Å². The van der Waals surface area contributed by atoms with Crippen LogP contribution >= 0.6 is 0 Å². The van der Waals surface area contributed by atoms with Gasteiger partial charge in [-0.2, -0.15) is 0 Å². The number of aliphatic carboxylic acids is 1. The summed E-state index contributed by atoms with van der Waals surface area (Å²) >= 11 is 0. The Labute approximate surface area is 164 Å². The van der Waals surface area contributed by atoms with E-state index in [1.807, 2.05) is 32.0 Å².